The maximum absolute atomic E-state index is 5.48. The number of rotatable bonds is 3. The summed E-state index contributed by atoms with van der Waals surface area (Å²) in [4.78, 5) is 4.41. The molecule has 0 aromatic heterocycles. The van der Waals surface area contributed by atoms with Crippen LogP contribution >= 0.6 is 0 Å². The van der Waals surface area contributed by atoms with Crippen molar-refractivity contribution in [1.29, 1.82) is 0 Å². The Kier molecular flexibility index (Phi) is 2.54. The van der Waals surface area contributed by atoms with Gasteiger partial charge in [-0.3, -0.25) is 10.4 Å². The Labute approximate surface area is 97.0 Å². The summed E-state index contributed by atoms with van der Waals surface area (Å²) >= 11 is 0. The van der Waals surface area contributed by atoms with Gasteiger partial charge in [0.25, 0.3) is 0 Å². The topological polar surface area (TPSA) is 62.4 Å². The number of nitrogens with one attached hydrogen (secondary N) is 2. The molecule has 3 aliphatic rings. The maximum Gasteiger partial charge on any atom is 0.205 e. The van der Waals surface area contributed by atoms with Gasteiger partial charge in [0, 0.05) is 12.6 Å². The van der Waals surface area contributed by atoms with Crippen LogP contribution in [0.5, 0.6) is 0 Å². The van der Waals surface area contributed by atoms with Gasteiger partial charge in [-0.2, -0.15) is 0 Å². The summed E-state index contributed by atoms with van der Waals surface area (Å²) in [5.41, 5.74) is 2.69. The third-order valence-electron chi connectivity index (χ3n) is 4.67. The average molecular weight is 222 g/mol. The van der Waals surface area contributed by atoms with Crippen molar-refractivity contribution in [2.45, 2.75) is 38.6 Å². The normalized spacial score (nSPS) is 44.4. The van der Waals surface area contributed by atoms with E-state index in [1.807, 2.05) is 0 Å². The smallest absolute Gasteiger partial charge is 0.205 e. The average Bonchev–Trinajstić information content (AvgIpc) is 2.72. The van der Waals surface area contributed by atoms with Gasteiger partial charge in [0.1, 0.15) is 0 Å². The van der Waals surface area contributed by atoms with Crippen molar-refractivity contribution in [2.75, 3.05) is 6.54 Å². The minimum Gasteiger partial charge on any atom is -0.352 e. The fraction of sp³-hybridized carbons (Fsp3) is 0.917. The summed E-state index contributed by atoms with van der Waals surface area (Å²) in [5.74, 6) is 10.1. The Morgan fingerprint density at radius 1 is 1.31 bits per heavy atom. The number of nitrogens with two attached hydrogens (primary N) is 1. The van der Waals surface area contributed by atoms with E-state index < -0.39 is 0 Å². The van der Waals surface area contributed by atoms with E-state index in [1.165, 1.54) is 19.3 Å². The molecular formula is C12H22N4. The first-order valence-corrected chi connectivity index (χ1v) is 6.62. The summed E-state index contributed by atoms with van der Waals surface area (Å²) < 4.78 is 0. The summed E-state index contributed by atoms with van der Waals surface area (Å²) in [6.07, 6.45) is 5.48. The summed E-state index contributed by atoms with van der Waals surface area (Å²) in [6, 6.07) is 0.665. The molecule has 0 aliphatic heterocycles. The van der Waals surface area contributed by atoms with Crippen LogP contribution in [0.15, 0.2) is 4.99 Å². The van der Waals surface area contributed by atoms with Crippen molar-refractivity contribution < 1.29 is 0 Å². The highest BCUT2D eigenvalue weighted by molar-refractivity contribution is 5.80. The molecule has 90 valence electrons. The fourth-order valence-corrected chi connectivity index (χ4v) is 4.03. The molecule has 0 saturated heterocycles. The number of hydrogen-bond donors (Lipinski definition) is 3. The third kappa shape index (κ3) is 1.51. The van der Waals surface area contributed by atoms with Crippen LogP contribution in [0.1, 0.15) is 32.6 Å². The molecule has 0 amide bonds. The Morgan fingerprint density at radius 2 is 2.00 bits per heavy atom. The van der Waals surface area contributed by atoms with Crippen molar-refractivity contribution in [1.82, 2.24) is 10.7 Å². The van der Waals surface area contributed by atoms with Gasteiger partial charge in [0.05, 0.1) is 0 Å². The van der Waals surface area contributed by atoms with Gasteiger partial charge in [-0.1, -0.05) is 6.92 Å². The van der Waals surface area contributed by atoms with Crippen LogP contribution in [0, 0.1) is 23.7 Å². The van der Waals surface area contributed by atoms with Gasteiger partial charge in [-0.15, -0.1) is 0 Å². The first-order valence-electron chi connectivity index (χ1n) is 6.62. The fourth-order valence-electron chi connectivity index (χ4n) is 4.03. The molecule has 0 heterocycles. The second-order valence-electron chi connectivity index (χ2n) is 5.53. The molecule has 0 radical (unpaired) electrons. The largest absolute Gasteiger partial charge is 0.352 e. The van der Waals surface area contributed by atoms with E-state index in [-0.39, 0.29) is 0 Å². The van der Waals surface area contributed by atoms with E-state index in [0.717, 1.165) is 42.6 Å². The zero-order chi connectivity index (χ0) is 11.1. The monoisotopic (exact) mass is 222 g/mol. The lowest BCUT2D eigenvalue weighted by molar-refractivity contribution is 0.456. The summed E-state index contributed by atoms with van der Waals surface area (Å²) in [5, 5.41) is 3.49. The number of guanidine groups is 1. The quantitative estimate of drug-likeness (QED) is 0.287. The number of hydrogen-bond acceptors (Lipinski definition) is 2. The van der Waals surface area contributed by atoms with E-state index in [0.29, 0.717) is 6.04 Å². The van der Waals surface area contributed by atoms with Crippen LogP contribution in [0.3, 0.4) is 0 Å². The molecule has 2 bridgehead atoms. The van der Waals surface area contributed by atoms with Gasteiger partial charge >= 0.3 is 0 Å². The molecule has 0 spiro atoms. The number of hydrazine groups is 1. The molecule has 0 aromatic carbocycles. The van der Waals surface area contributed by atoms with Crippen LogP contribution in [0.4, 0.5) is 0 Å². The van der Waals surface area contributed by atoms with Gasteiger partial charge in [0.15, 0.2) is 0 Å². The van der Waals surface area contributed by atoms with Crippen LogP contribution in [-0.2, 0) is 0 Å². The van der Waals surface area contributed by atoms with Crippen molar-refractivity contribution >= 4 is 5.96 Å². The van der Waals surface area contributed by atoms with Gasteiger partial charge < -0.3 is 5.32 Å². The molecule has 4 unspecified atom stereocenters. The summed E-state index contributed by atoms with van der Waals surface area (Å²) in [7, 11) is 0. The van der Waals surface area contributed by atoms with Crippen molar-refractivity contribution in [3.63, 3.8) is 0 Å². The number of nitrogens with zero attached hydrogens (tertiary/aromatic N) is 1. The predicted molar refractivity (Wildman–Crippen MR) is 64.7 cm³/mol. The van der Waals surface area contributed by atoms with E-state index in [9.17, 15) is 0 Å². The zero-order valence-electron chi connectivity index (χ0n) is 9.95. The van der Waals surface area contributed by atoms with Crippen molar-refractivity contribution in [3.05, 3.63) is 0 Å². The lowest BCUT2D eigenvalue weighted by Crippen LogP contribution is -2.44. The Morgan fingerprint density at radius 3 is 2.56 bits per heavy atom. The molecule has 3 rings (SSSR count). The highest BCUT2D eigenvalue weighted by Gasteiger charge is 2.65. The van der Waals surface area contributed by atoms with Crippen LogP contribution in [0.2, 0.25) is 0 Å². The highest BCUT2D eigenvalue weighted by atomic mass is 15.3. The van der Waals surface area contributed by atoms with E-state index in [2.05, 4.69) is 22.7 Å². The lowest BCUT2D eigenvalue weighted by Gasteiger charge is -2.13. The van der Waals surface area contributed by atoms with E-state index in [4.69, 9.17) is 5.84 Å². The molecule has 3 saturated carbocycles. The van der Waals surface area contributed by atoms with Crippen molar-refractivity contribution in [2.24, 2.45) is 34.5 Å². The van der Waals surface area contributed by atoms with Crippen LogP contribution in [0.25, 0.3) is 0 Å². The Bertz CT molecular complexity index is 285. The van der Waals surface area contributed by atoms with E-state index in [1.54, 1.807) is 0 Å². The molecule has 4 heteroatoms. The number of fused-ring (bicyclic) bond motifs is 5. The minimum atomic E-state index is 0.665. The SMILES string of the molecule is CCCN=C(NN)NC1C2C3CCC(C3)C12. The molecule has 4 N–H and O–H groups in total. The predicted octanol–water partition coefficient (Wildman–Crippen LogP) is 0.850. The van der Waals surface area contributed by atoms with Gasteiger partial charge in [-0.05, 0) is 49.4 Å². The van der Waals surface area contributed by atoms with Gasteiger partial charge in [0.2, 0.25) is 5.96 Å². The minimum absolute atomic E-state index is 0.665. The molecule has 4 nitrogen and oxygen atoms in total. The van der Waals surface area contributed by atoms with Crippen LogP contribution in [-0.4, -0.2) is 18.5 Å². The lowest BCUT2D eigenvalue weighted by atomic mass is 10.0. The second kappa shape index (κ2) is 3.91. The third-order valence-corrected chi connectivity index (χ3v) is 4.67. The first-order chi connectivity index (χ1) is 7.85. The molecule has 16 heavy (non-hydrogen) atoms. The van der Waals surface area contributed by atoms with Crippen LogP contribution < -0.4 is 16.6 Å². The molecule has 3 aliphatic carbocycles. The number of aliphatic imine (C=N–C) groups is 1. The van der Waals surface area contributed by atoms with Gasteiger partial charge in [-0.25, -0.2) is 5.84 Å². The standard InChI is InChI=1S/C12H22N4/c1-2-5-14-12(16-13)15-11-9-7-3-4-8(6-7)10(9)11/h7-11H,2-6,13H2,1H3,(H2,14,15,16). The first kappa shape index (κ1) is 10.4. The van der Waals surface area contributed by atoms with E-state index >= 15 is 0 Å². The molecule has 3 fully saturated rings. The second-order valence-corrected chi connectivity index (χ2v) is 5.53. The Balaban J connectivity index is 1.57. The molecular weight excluding hydrogens is 200 g/mol. The molecule has 0 aromatic rings. The maximum atomic E-state index is 5.48. The zero-order valence-corrected chi connectivity index (χ0v) is 9.95. The molecule has 4 atom stereocenters. The van der Waals surface area contributed by atoms with Crippen molar-refractivity contribution in [3.8, 4) is 0 Å². The Hall–Kier alpha value is -0.770. The summed E-state index contributed by atoms with van der Waals surface area (Å²) in [6.45, 7) is 2.98. The highest BCUT2D eigenvalue weighted by Crippen LogP contribution is 2.65.